The molecule has 64 valence electrons. The third-order valence-corrected chi connectivity index (χ3v) is 3.64. The van der Waals surface area contributed by atoms with Gasteiger partial charge in [-0.1, -0.05) is 26.2 Å². The van der Waals surface area contributed by atoms with Crippen LogP contribution in [0.3, 0.4) is 0 Å². The van der Waals surface area contributed by atoms with E-state index in [2.05, 4.69) is 12.2 Å². The highest BCUT2D eigenvalue weighted by atomic mass is 14.9. The maximum atomic E-state index is 3.51. The monoisotopic (exact) mass is 153 g/mol. The molecular weight excluding hydrogens is 134 g/mol. The smallest absolute Gasteiger partial charge is 0.00153 e. The van der Waals surface area contributed by atoms with E-state index in [0.29, 0.717) is 0 Å². The molecule has 1 saturated carbocycles. The summed E-state index contributed by atoms with van der Waals surface area (Å²) in [6, 6.07) is 0. The van der Waals surface area contributed by atoms with Gasteiger partial charge in [0.2, 0.25) is 0 Å². The van der Waals surface area contributed by atoms with Gasteiger partial charge in [-0.2, -0.15) is 0 Å². The molecule has 0 bridgehead atoms. The lowest BCUT2D eigenvalue weighted by Gasteiger charge is -2.40. The van der Waals surface area contributed by atoms with Crippen molar-refractivity contribution in [3.63, 3.8) is 0 Å². The second kappa shape index (κ2) is 3.14. The first-order valence-electron chi connectivity index (χ1n) is 5.08. The van der Waals surface area contributed by atoms with Gasteiger partial charge in [-0.05, 0) is 37.3 Å². The molecule has 2 fully saturated rings. The fraction of sp³-hybridized carbons (Fsp3) is 1.00. The predicted molar refractivity (Wildman–Crippen MR) is 47.5 cm³/mol. The minimum atomic E-state index is 0.988. The Bertz CT molecular complexity index is 127. The van der Waals surface area contributed by atoms with Gasteiger partial charge < -0.3 is 5.32 Å². The number of piperidine rings is 1. The van der Waals surface area contributed by atoms with Crippen LogP contribution in [0.1, 0.15) is 32.6 Å². The number of hydrogen-bond acceptors (Lipinski definition) is 1. The molecule has 0 radical (unpaired) electrons. The molecule has 2 atom stereocenters. The fourth-order valence-electron chi connectivity index (χ4n) is 2.51. The molecule has 0 amide bonds. The molecule has 1 heterocycles. The molecule has 0 aromatic rings. The van der Waals surface area contributed by atoms with Gasteiger partial charge in [0.25, 0.3) is 0 Å². The lowest BCUT2D eigenvalue weighted by Crippen LogP contribution is -2.41. The second-order valence-corrected chi connectivity index (χ2v) is 4.32. The Balaban J connectivity index is 1.88. The van der Waals surface area contributed by atoms with Crippen molar-refractivity contribution in [2.24, 2.45) is 17.8 Å². The summed E-state index contributed by atoms with van der Waals surface area (Å²) < 4.78 is 0. The van der Waals surface area contributed by atoms with E-state index in [9.17, 15) is 0 Å². The van der Waals surface area contributed by atoms with Crippen molar-refractivity contribution < 1.29 is 0 Å². The summed E-state index contributed by atoms with van der Waals surface area (Å²) in [5, 5.41) is 3.51. The molecule has 1 saturated heterocycles. The first-order chi connectivity index (χ1) is 5.38. The van der Waals surface area contributed by atoms with Crippen molar-refractivity contribution in [1.82, 2.24) is 5.32 Å². The van der Waals surface area contributed by atoms with Gasteiger partial charge in [-0.3, -0.25) is 0 Å². The summed E-state index contributed by atoms with van der Waals surface area (Å²) in [7, 11) is 0. The van der Waals surface area contributed by atoms with Crippen LogP contribution < -0.4 is 5.32 Å². The Labute approximate surface area is 69.6 Å². The molecular formula is C10H19N. The SMILES string of the molecule is CC1CCNCC1C1CCC1. The number of hydrogen-bond donors (Lipinski definition) is 1. The predicted octanol–water partition coefficient (Wildman–Crippen LogP) is 2.03. The van der Waals surface area contributed by atoms with Crippen LogP contribution in [-0.4, -0.2) is 13.1 Å². The summed E-state index contributed by atoms with van der Waals surface area (Å²) >= 11 is 0. The minimum absolute atomic E-state index is 0.988. The topological polar surface area (TPSA) is 12.0 Å². The maximum Gasteiger partial charge on any atom is -0.00153 e. The summed E-state index contributed by atoms with van der Waals surface area (Å²) in [5.41, 5.74) is 0. The normalized spacial score (nSPS) is 40.1. The van der Waals surface area contributed by atoms with Crippen LogP contribution in [0.4, 0.5) is 0 Å². The standard InChI is InChI=1S/C10H19N/c1-8-5-6-11-7-10(8)9-3-2-4-9/h8-11H,2-7H2,1H3. The van der Waals surface area contributed by atoms with Gasteiger partial charge in [-0.25, -0.2) is 0 Å². The fourth-order valence-corrected chi connectivity index (χ4v) is 2.51. The summed E-state index contributed by atoms with van der Waals surface area (Å²) in [5.74, 6) is 3.08. The quantitative estimate of drug-likeness (QED) is 0.608. The van der Waals surface area contributed by atoms with Crippen molar-refractivity contribution in [2.75, 3.05) is 13.1 Å². The van der Waals surface area contributed by atoms with Crippen molar-refractivity contribution in [1.29, 1.82) is 0 Å². The Morgan fingerprint density at radius 1 is 1.18 bits per heavy atom. The van der Waals surface area contributed by atoms with E-state index in [-0.39, 0.29) is 0 Å². The van der Waals surface area contributed by atoms with Crippen molar-refractivity contribution in [2.45, 2.75) is 32.6 Å². The zero-order chi connectivity index (χ0) is 7.68. The van der Waals surface area contributed by atoms with E-state index >= 15 is 0 Å². The van der Waals surface area contributed by atoms with Crippen LogP contribution in [0.5, 0.6) is 0 Å². The van der Waals surface area contributed by atoms with E-state index in [1.54, 1.807) is 0 Å². The molecule has 0 aromatic carbocycles. The van der Waals surface area contributed by atoms with Gasteiger partial charge in [0.1, 0.15) is 0 Å². The Kier molecular flexibility index (Phi) is 2.17. The molecule has 1 aliphatic heterocycles. The first-order valence-corrected chi connectivity index (χ1v) is 5.08. The van der Waals surface area contributed by atoms with Crippen LogP contribution in [0.25, 0.3) is 0 Å². The molecule has 0 aromatic heterocycles. The Hall–Kier alpha value is -0.0400. The first kappa shape index (κ1) is 7.60. The largest absolute Gasteiger partial charge is 0.316 e. The molecule has 2 unspecified atom stereocenters. The second-order valence-electron chi connectivity index (χ2n) is 4.32. The molecule has 2 rings (SSSR count). The Morgan fingerprint density at radius 3 is 2.55 bits per heavy atom. The summed E-state index contributed by atoms with van der Waals surface area (Å²) in [6.07, 6.45) is 5.92. The lowest BCUT2D eigenvalue weighted by atomic mass is 9.69. The highest BCUT2D eigenvalue weighted by molar-refractivity contribution is 4.85. The third-order valence-electron chi connectivity index (χ3n) is 3.64. The average Bonchev–Trinajstić information content (AvgIpc) is 1.90. The highest BCUT2D eigenvalue weighted by Gasteiger charge is 2.32. The van der Waals surface area contributed by atoms with Gasteiger partial charge in [0, 0.05) is 0 Å². The summed E-state index contributed by atoms with van der Waals surface area (Å²) in [4.78, 5) is 0. The molecule has 0 spiro atoms. The van der Waals surface area contributed by atoms with E-state index in [0.717, 1.165) is 17.8 Å². The zero-order valence-electron chi connectivity index (χ0n) is 7.47. The third kappa shape index (κ3) is 1.44. The van der Waals surface area contributed by atoms with Crippen LogP contribution in [-0.2, 0) is 0 Å². The van der Waals surface area contributed by atoms with E-state index in [1.807, 2.05) is 0 Å². The molecule has 1 heteroatoms. The van der Waals surface area contributed by atoms with Crippen molar-refractivity contribution >= 4 is 0 Å². The minimum Gasteiger partial charge on any atom is -0.316 e. The van der Waals surface area contributed by atoms with Gasteiger partial charge >= 0.3 is 0 Å². The number of rotatable bonds is 1. The van der Waals surface area contributed by atoms with Crippen LogP contribution >= 0.6 is 0 Å². The van der Waals surface area contributed by atoms with E-state index in [1.165, 1.54) is 38.8 Å². The summed E-state index contributed by atoms with van der Waals surface area (Å²) in [6.45, 7) is 4.99. The van der Waals surface area contributed by atoms with Crippen molar-refractivity contribution in [3.05, 3.63) is 0 Å². The van der Waals surface area contributed by atoms with E-state index in [4.69, 9.17) is 0 Å². The van der Waals surface area contributed by atoms with Gasteiger partial charge in [0.05, 0.1) is 0 Å². The van der Waals surface area contributed by atoms with Crippen LogP contribution in [0, 0.1) is 17.8 Å². The van der Waals surface area contributed by atoms with E-state index < -0.39 is 0 Å². The molecule has 1 N–H and O–H groups in total. The molecule has 11 heavy (non-hydrogen) atoms. The molecule has 1 nitrogen and oxygen atoms in total. The van der Waals surface area contributed by atoms with Crippen LogP contribution in [0.2, 0.25) is 0 Å². The van der Waals surface area contributed by atoms with Crippen molar-refractivity contribution in [3.8, 4) is 0 Å². The lowest BCUT2D eigenvalue weighted by molar-refractivity contribution is 0.124. The van der Waals surface area contributed by atoms with Gasteiger partial charge in [-0.15, -0.1) is 0 Å². The zero-order valence-corrected chi connectivity index (χ0v) is 7.47. The number of nitrogens with one attached hydrogen (secondary N) is 1. The molecule has 1 aliphatic carbocycles. The maximum absolute atomic E-state index is 3.51. The van der Waals surface area contributed by atoms with Crippen LogP contribution in [0.15, 0.2) is 0 Å². The average molecular weight is 153 g/mol. The Morgan fingerprint density at radius 2 is 2.00 bits per heavy atom. The van der Waals surface area contributed by atoms with Gasteiger partial charge in [0.15, 0.2) is 0 Å². The molecule has 2 aliphatic rings. The highest BCUT2D eigenvalue weighted by Crippen LogP contribution is 2.38.